The van der Waals surface area contributed by atoms with Crippen LogP contribution in [0.5, 0.6) is 0 Å². The fourth-order valence-electron chi connectivity index (χ4n) is 4.86. The number of carboxylic acid groups (broad SMARTS) is 1. The maximum Gasteiger partial charge on any atom is 0.416 e. The molecule has 0 unspecified atom stereocenters. The van der Waals surface area contributed by atoms with Crippen molar-refractivity contribution < 1.29 is 45.4 Å². The maximum atomic E-state index is 13.9. The van der Waals surface area contributed by atoms with E-state index in [-0.39, 0.29) is 13.0 Å². The Morgan fingerprint density at radius 1 is 1.03 bits per heavy atom. The van der Waals surface area contributed by atoms with Crippen LogP contribution >= 0.6 is 0 Å². The van der Waals surface area contributed by atoms with E-state index in [0.29, 0.717) is 53.2 Å². The van der Waals surface area contributed by atoms with Crippen LogP contribution in [0.4, 0.5) is 30.7 Å². The van der Waals surface area contributed by atoms with Crippen LogP contribution in [-0.4, -0.2) is 27.6 Å². The van der Waals surface area contributed by atoms with Crippen molar-refractivity contribution in [1.29, 1.82) is 0 Å². The van der Waals surface area contributed by atoms with Crippen molar-refractivity contribution in [1.82, 2.24) is 9.88 Å². The molecular weight excluding hydrogens is 509 g/mol. The van der Waals surface area contributed by atoms with Gasteiger partial charge in [0.15, 0.2) is 0 Å². The Morgan fingerprint density at radius 3 is 2.41 bits per heavy atom. The summed E-state index contributed by atoms with van der Waals surface area (Å²) >= 11 is 0. The van der Waals surface area contributed by atoms with Crippen molar-refractivity contribution in [2.24, 2.45) is 0 Å². The fourth-order valence-corrected chi connectivity index (χ4v) is 4.86. The number of alkyl halides is 6. The number of aliphatic carboxylic acids is 1. The van der Waals surface area contributed by atoms with Gasteiger partial charge in [-0.2, -0.15) is 26.3 Å². The number of fused-ring (bicyclic) bond motifs is 3. The second-order valence-corrected chi connectivity index (χ2v) is 8.94. The van der Waals surface area contributed by atoms with Crippen LogP contribution in [0.3, 0.4) is 0 Å². The molecule has 1 amide bonds. The van der Waals surface area contributed by atoms with Gasteiger partial charge in [-0.05, 0) is 73.2 Å². The van der Waals surface area contributed by atoms with Crippen LogP contribution in [0.25, 0.3) is 10.9 Å². The lowest BCUT2D eigenvalue weighted by molar-refractivity contribution is -0.141. The number of rotatable bonds is 6. The molecule has 0 saturated heterocycles. The van der Waals surface area contributed by atoms with E-state index in [1.54, 1.807) is 4.57 Å². The Kier molecular flexibility index (Phi) is 6.95. The van der Waals surface area contributed by atoms with Crippen LogP contribution in [-0.2, 0) is 47.7 Å². The normalized spacial score (nSPS) is 16.0. The number of benzene rings is 2. The molecule has 1 aliphatic rings. The highest BCUT2D eigenvalue weighted by molar-refractivity contribution is 5.87. The van der Waals surface area contributed by atoms with Crippen LogP contribution < -0.4 is 5.32 Å². The second-order valence-electron chi connectivity index (χ2n) is 8.94. The Hall–Kier alpha value is -3.57. The molecule has 5 nitrogen and oxygen atoms in total. The highest BCUT2D eigenvalue weighted by Crippen LogP contribution is 2.37. The first-order chi connectivity index (χ1) is 17.2. The number of aryl methyl sites for hydroxylation is 1. The van der Waals surface area contributed by atoms with E-state index in [9.17, 15) is 45.4 Å². The molecule has 198 valence electrons. The minimum absolute atomic E-state index is 0.241. The molecule has 4 rings (SSSR count). The summed E-state index contributed by atoms with van der Waals surface area (Å²) in [4.78, 5) is 23.9. The molecule has 1 aromatic heterocycles. The first-order valence-corrected chi connectivity index (χ1v) is 11.3. The molecular formula is C25H21F7N2O3. The number of hydrogen-bond acceptors (Lipinski definition) is 2. The van der Waals surface area contributed by atoms with E-state index >= 15 is 0 Å². The highest BCUT2D eigenvalue weighted by Gasteiger charge is 2.37. The second kappa shape index (κ2) is 9.71. The molecule has 0 fully saturated rings. The maximum absolute atomic E-state index is 13.9. The predicted octanol–water partition coefficient (Wildman–Crippen LogP) is 5.51. The van der Waals surface area contributed by atoms with Crippen molar-refractivity contribution in [2.75, 3.05) is 0 Å². The largest absolute Gasteiger partial charge is 0.480 e. The van der Waals surface area contributed by atoms with Crippen LogP contribution in [0.15, 0.2) is 36.4 Å². The van der Waals surface area contributed by atoms with E-state index in [4.69, 9.17) is 0 Å². The molecule has 37 heavy (non-hydrogen) atoms. The Labute approximate surface area is 205 Å². The van der Waals surface area contributed by atoms with Gasteiger partial charge in [0, 0.05) is 29.1 Å². The number of carbonyl (C=O) groups excluding carboxylic acids is 1. The van der Waals surface area contributed by atoms with Gasteiger partial charge >= 0.3 is 18.3 Å². The number of hydrogen-bond donors (Lipinski definition) is 2. The molecule has 0 radical (unpaired) electrons. The summed E-state index contributed by atoms with van der Waals surface area (Å²) in [5.41, 5.74) is -1.19. The van der Waals surface area contributed by atoms with Gasteiger partial charge in [0.05, 0.1) is 11.1 Å². The van der Waals surface area contributed by atoms with Gasteiger partial charge in [-0.3, -0.25) is 9.59 Å². The number of amides is 1. The average molecular weight is 530 g/mol. The smallest absolute Gasteiger partial charge is 0.416 e. The summed E-state index contributed by atoms with van der Waals surface area (Å²) in [7, 11) is 0. The monoisotopic (exact) mass is 530 g/mol. The number of carbonyl (C=O) groups is 2. The molecule has 0 bridgehead atoms. The standard InChI is InChI=1S/C25H21F7N2O3/c26-15-3-6-20-17(10-15)18-11-16(4-7-21(18)34(20)12-23(36)37)33-22(35)8-1-13-9-14(24(27,28)29)2-5-19(13)25(30,31)32/h2-3,5-6,9-10,16H,1,4,7-8,11-12H2,(H,33,35)(H,36,37)/t16-/m0/s1. The first-order valence-electron chi connectivity index (χ1n) is 11.3. The third kappa shape index (κ3) is 5.72. The van der Waals surface area contributed by atoms with E-state index in [1.807, 2.05) is 0 Å². The van der Waals surface area contributed by atoms with Gasteiger partial charge < -0.3 is 15.0 Å². The molecule has 2 aromatic carbocycles. The van der Waals surface area contributed by atoms with Crippen molar-refractivity contribution in [3.05, 3.63) is 70.2 Å². The summed E-state index contributed by atoms with van der Waals surface area (Å²) in [6.45, 7) is -0.326. The van der Waals surface area contributed by atoms with E-state index in [1.165, 1.54) is 18.2 Å². The van der Waals surface area contributed by atoms with Gasteiger partial charge in [0.2, 0.25) is 5.91 Å². The molecule has 0 saturated carbocycles. The molecule has 12 heteroatoms. The lowest BCUT2D eigenvalue weighted by Gasteiger charge is -2.25. The van der Waals surface area contributed by atoms with E-state index < -0.39 is 65.6 Å². The number of halogens is 7. The topological polar surface area (TPSA) is 71.3 Å². The summed E-state index contributed by atoms with van der Waals surface area (Å²) in [5.74, 6) is -2.23. The minimum atomic E-state index is -4.88. The number of carboxylic acids is 1. The Balaban J connectivity index is 1.50. The zero-order valence-corrected chi connectivity index (χ0v) is 19.1. The summed E-state index contributed by atoms with van der Waals surface area (Å²) in [5, 5.41) is 12.5. The number of aromatic nitrogens is 1. The summed E-state index contributed by atoms with van der Waals surface area (Å²) in [6.07, 6.45) is -9.72. The Bertz CT molecular complexity index is 1360. The fraction of sp³-hybridized carbons (Fsp3) is 0.360. The molecule has 0 spiro atoms. The number of nitrogens with zero attached hydrogens (tertiary/aromatic N) is 1. The van der Waals surface area contributed by atoms with Gasteiger partial charge in [0.25, 0.3) is 0 Å². The molecule has 1 heterocycles. The van der Waals surface area contributed by atoms with Gasteiger partial charge in [-0.1, -0.05) is 0 Å². The third-order valence-electron chi connectivity index (χ3n) is 6.45. The van der Waals surface area contributed by atoms with E-state index in [2.05, 4.69) is 5.32 Å². The molecule has 1 aliphatic carbocycles. The minimum Gasteiger partial charge on any atom is -0.480 e. The molecule has 3 aromatic rings. The van der Waals surface area contributed by atoms with Gasteiger partial charge in [0.1, 0.15) is 12.4 Å². The van der Waals surface area contributed by atoms with Crippen LogP contribution in [0, 0.1) is 5.82 Å². The zero-order valence-electron chi connectivity index (χ0n) is 19.1. The van der Waals surface area contributed by atoms with Gasteiger partial charge in [-0.25, -0.2) is 4.39 Å². The van der Waals surface area contributed by atoms with Crippen molar-refractivity contribution in [3.63, 3.8) is 0 Å². The lowest BCUT2D eigenvalue weighted by Crippen LogP contribution is -2.39. The first kappa shape index (κ1) is 26.5. The summed E-state index contributed by atoms with van der Waals surface area (Å²) in [6, 6.07) is 4.65. The SMILES string of the molecule is O=C(O)Cn1c2c(c3cc(F)ccc31)C[C@@H](NC(=O)CCc1cc(C(F)(F)F)ccc1C(F)(F)F)CC2. The van der Waals surface area contributed by atoms with Crippen molar-refractivity contribution >= 4 is 22.8 Å². The van der Waals surface area contributed by atoms with E-state index in [0.717, 1.165) is 0 Å². The average Bonchev–Trinajstić information content (AvgIpc) is 3.08. The van der Waals surface area contributed by atoms with Crippen LogP contribution in [0.2, 0.25) is 0 Å². The Morgan fingerprint density at radius 2 is 1.76 bits per heavy atom. The van der Waals surface area contributed by atoms with Crippen molar-refractivity contribution in [2.45, 2.75) is 57.0 Å². The number of nitrogens with one attached hydrogen (secondary N) is 1. The predicted molar refractivity (Wildman–Crippen MR) is 118 cm³/mol. The summed E-state index contributed by atoms with van der Waals surface area (Å²) < 4.78 is 94.5. The van der Waals surface area contributed by atoms with Crippen LogP contribution in [0.1, 0.15) is 40.8 Å². The van der Waals surface area contributed by atoms with Crippen molar-refractivity contribution in [3.8, 4) is 0 Å². The quantitative estimate of drug-likeness (QED) is 0.413. The zero-order chi connectivity index (χ0) is 27.1. The molecule has 1 atom stereocenters. The lowest BCUT2D eigenvalue weighted by atomic mass is 9.91. The highest BCUT2D eigenvalue weighted by atomic mass is 19.4. The third-order valence-corrected chi connectivity index (χ3v) is 6.45. The molecule has 0 aliphatic heterocycles. The molecule has 2 N–H and O–H groups in total. The van der Waals surface area contributed by atoms with Gasteiger partial charge in [-0.15, -0.1) is 0 Å².